The third-order valence-corrected chi connectivity index (χ3v) is 2.82. The number of carbonyl (C=O) groups excluding carboxylic acids is 1. The van der Waals surface area contributed by atoms with Crippen LogP contribution in [0.5, 0.6) is 0 Å². The molecule has 0 unspecified atom stereocenters. The summed E-state index contributed by atoms with van der Waals surface area (Å²) in [5.74, 6) is -0.167. The largest absolute Gasteiger partial charge is 0.384 e. The number of oxime groups is 1. The van der Waals surface area contributed by atoms with Crippen molar-refractivity contribution in [3.05, 3.63) is 5.69 Å². The average Bonchev–Trinajstić information content (AvgIpc) is 2.86. The third-order valence-electron chi connectivity index (χ3n) is 2.82. The van der Waals surface area contributed by atoms with E-state index < -0.39 is 0 Å². The molecule has 1 amide bonds. The number of nitrogen functional groups attached to an aromatic ring is 1. The van der Waals surface area contributed by atoms with Gasteiger partial charge in [-0.2, -0.15) is 0 Å². The SMILES string of the molecule is N/C(=N\OCC(=O)N1CCCCC1)c1nonc1N. The zero-order valence-corrected chi connectivity index (χ0v) is 10.4. The smallest absolute Gasteiger partial charge is 0.263 e. The Morgan fingerprint density at radius 2 is 2.11 bits per heavy atom. The number of amidine groups is 1. The van der Waals surface area contributed by atoms with Crippen LogP contribution in [0, 0.1) is 0 Å². The molecule has 0 spiro atoms. The molecule has 1 aromatic heterocycles. The molecule has 2 rings (SSSR count). The molecule has 1 aliphatic heterocycles. The first-order valence-electron chi connectivity index (χ1n) is 6.00. The van der Waals surface area contributed by atoms with E-state index in [2.05, 4.69) is 20.1 Å². The zero-order chi connectivity index (χ0) is 13.7. The lowest BCUT2D eigenvalue weighted by molar-refractivity contribution is -0.137. The van der Waals surface area contributed by atoms with E-state index in [4.69, 9.17) is 16.3 Å². The van der Waals surface area contributed by atoms with Crippen LogP contribution in [-0.4, -0.2) is 46.7 Å². The van der Waals surface area contributed by atoms with Crippen molar-refractivity contribution in [2.75, 3.05) is 25.4 Å². The van der Waals surface area contributed by atoms with Gasteiger partial charge in [0.25, 0.3) is 5.91 Å². The number of carbonyl (C=O) groups is 1. The number of nitrogens with two attached hydrogens (primary N) is 2. The Balaban J connectivity index is 1.82. The number of rotatable bonds is 4. The molecular formula is C10H16N6O3. The van der Waals surface area contributed by atoms with Gasteiger partial charge in [-0.1, -0.05) is 5.16 Å². The topological polar surface area (TPSA) is 133 Å². The summed E-state index contributed by atoms with van der Waals surface area (Å²) in [6.07, 6.45) is 3.21. The lowest BCUT2D eigenvalue weighted by Crippen LogP contribution is -2.37. The van der Waals surface area contributed by atoms with Crippen molar-refractivity contribution in [1.29, 1.82) is 0 Å². The van der Waals surface area contributed by atoms with Crippen molar-refractivity contribution < 1.29 is 14.3 Å². The number of aromatic nitrogens is 2. The quantitative estimate of drug-likeness (QED) is 0.419. The minimum atomic E-state index is -0.161. The molecule has 9 heteroatoms. The summed E-state index contributed by atoms with van der Waals surface area (Å²) >= 11 is 0. The fourth-order valence-corrected chi connectivity index (χ4v) is 1.81. The second kappa shape index (κ2) is 6.03. The summed E-state index contributed by atoms with van der Waals surface area (Å²) < 4.78 is 4.37. The Morgan fingerprint density at radius 3 is 2.74 bits per heavy atom. The number of nitrogens with zero attached hydrogens (tertiary/aromatic N) is 4. The van der Waals surface area contributed by atoms with Crippen molar-refractivity contribution in [2.45, 2.75) is 19.3 Å². The summed E-state index contributed by atoms with van der Waals surface area (Å²) in [7, 11) is 0. The number of hydrogen-bond donors (Lipinski definition) is 2. The van der Waals surface area contributed by atoms with Crippen molar-refractivity contribution >= 4 is 17.6 Å². The molecule has 0 radical (unpaired) electrons. The highest BCUT2D eigenvalue weighted by Gasteiger charge is 2.17. The number of piperidine rings is 1. The van der Waals surface area contributed by atoms with Crippen LogP contribution in [0.25, 0.3) is 0 Å². The molecule has 19 heavy (non-hydrogen) atoms. The molecule has 2 heterocycles. The Morgan fingerprint density at radius 1 is 1.37 bits per heavy atom. The summed E-state index contributed by atoms with van der Waals surface area (Å²) in [5.41, 5.74) is 11.1. The van der Waals surface area contributed by atoms with Crippen molar-refractivity contribution in [1.82, 2.24) is 15.2 Å². The summed E-state index contributed by atoms with van der Waals surface area (Å²) in [5, 5.41) is 10.4. The molecule has 1 fully saturated rings. The van der Waals surface area contributed by atoms with Gasteiger partial charge in [0.1, 0.15) is 0 Å². The second-order valence-corrected chi connectivity index (χ2v) is 4.19. The molecule has 1 aliphatic rings. The van der Waals surface area contributed by atoms with Crippen LogP contribution in [0.4, 0.5) is 5.82 Å². The molecule has 0 aromatic carbocycles. The minimum Gasteiger partial charge on any atom is -0.384 e. The Bertz CT molecular complexity index is 466. The molecule has 0 aliphatic carbocycles. The predicted molar refractivity (Wildman–Crippen MR) is 65.8 cm³/mol. The first-order valence-corrected chi connectivity index (χ1v) is 6.00. The van der Waals surface area contributed by atoms with Gasteiger partial charge in [0.2, 0.25) is 0 Å². The first-order chi connectivity index (χ1) is 9.18. The van der Waals surface area contributed by atoms with Crippen molar-refractivity contribution in [3.63, 3.8) is 0 Å². The molecule has 9 nitrogen and oxygen atoms in total. The monoisotopic (exact) mass is 268 g/mol. The molecule has 0 saturated carbocycles. The molecule has 1 saturated heterocycles. The van der Waals surface area contributed by atoms with Crippen LogP contribution in [0.15, 0.2) is 9.78 Å². The van der Waals surface area contributed by atoms with E-state index in [9.17, 15) is 4.79 Å². The summed E-state index contributed by atoms with van der Waals surface area (Å²) in [6.45, 7) is 1.37. The molecule has 0 atom stereocenters. The second-order valence-electron chi connectivity index (χ2n) is 4.19. The highest BCUT2D eigenvalue weighted by atomic mass is 16.6. The number of amides is 1. The van der Waals surface area contributed by atoms with Crippen LogP contribution >= 0.6 is 0 Å². The van der Waals surface area contributed by atoms with Gasteiger partial charge < -0.3 is 21.2 Å². The molecule has 0 bridgehead atoms. The fraction of sp³-hybridized carbons (Fsp3) is 0.600. The van der Waals surface area contributed by atoms with Crippen LogP contribution < -0.4 is 11.5 Å². The highest BCUT2D eigenvalue weighted by molar-refractivity contribution is 5.98. The number of hydrogen-bond acceptors (Lipinski definition) is 7. The van der Waals surface area contributed by atoms with Gasteiger partial charge in [-0.25, -0.2) is 4.63 Å². The van der Waals surface area contributed by atoms with Gasteiger partial charge in [0.05, 0.1) is 0 Å². The Hall–Kier alpha value is -2.32. The van der Waals surface area contributed by atoms with Gasteiger partial charge in [-0.05, 0) is 29.6 Å². The van der Waals surface area contributed by atoms with E-state index in [0.29, 0.717) is 0 Å². The van der Waals surface area contributed by atoms with Gasteiger partial charge in [0.15, 0.2) is 24.0 Å². The van der Waals surface area contributed by atoms with E-state index in [1.165, 1.54) is 0 Å². The Labute approximate surface area is 109 Å². The maximum atomic E-state index is 11.8. The molecular weight excluding hydrogens is 252 g/mol. The maximum Gasteiger partial charge on any atom is 0.263 e. The van der Waals surface area contributed by atoms with Gasteiger partial charge in [-0.3, -0.25) is 4.79 Å². The van der Waals surface area contributed by atoms with E-state index in [-0.39, 0.29) is 29.9 Å². The summed E-state index contributed by atoms with van der Waals surface area (Å²) in [4.78, 5) is 18.4. The number of anilines is 1. The maximum absolute atomic E-state index is 11.8. The average molecular weight is 268 g/mol. The number of likely N-dealkylation sites (tertiary alicyclic amines) is 1. The highest BCUT2D eigenvalue weighted by Crippen LogP contribution is 2.09. The summed E-state index contributed by atoms with van der Waals surface area (Å²) in [6, 6.07) is 0. The van der Waals surface area contributed by atoms with E-state index in [1.54, 1.807) is 4.90 Å². The first kappa shape index (κ1) is 13.1. The van der Waals surface area contributed by atoms with E-state index in [0.717, 1.165) is 32.4 Å². The van der Waals surface area contributed by atoms with Gasteiger partial charge in [-0.15, -0.1) is 0 Å². The predicted octanol–water partition coefficient (Wildman–Crippen LogP) is -0.699. The van der Waals surface area contributed by atoms with Crippen LogP contribution in [0.2, 0.25) is 0 Å². The molecule has 104 valence electrons. The van der Waals surface area contributed by atoms with Crippen molar-refractivity contribution in [3.8, 4) is 0 Å². The van der Waals surface area contributed by atoms with E-state index >= 15 is 0 Å². The van der Waals surface area contributed by atoms with Gasteiger partial charge >= 0.3 is 0 Å². The minimum absolute atomic E-state index is 0.0206. The van der Waals surface area contributed by atoms with Crippen LogP contribution in [-0.2, 0) is 9.63 Å². The van der Waals surface area contributed by atoms with Gasteiger partial charge in [0, 0.05) is 13.1 Å². The van der Waals surface area contributed by atoms with Crippen molar-refractivity contribution in [2.24, 2.45) is 10.9 Å². The molecule has 1 aromatic rings. The Kier molecular flexibility index (Phi) is 4.16. The fourth-order valence-electron chi connectivity index (χ4n) is 1.81. The lowest BCUT2D eigenvalue weighted by Gasteiger charge is -2.25. The third kappa shape index (κ3) is 3.33. The normalized spacial score (nSPS) is 16.4. The molecule has 4 N–H and O–H groups in total. The van der Waals surface area contributed by atoms with Crippen LogP contribution in [0.3, 0.4) is 0 Å². The lowest BCUT2D eigenvalue weighted by atomic mass is 10.1. The zero-order valence-electron chi connectivity index (χ0n) is 10.4. The standard InChI is InChI=1S/C10H16N6O3/c11-9(8-10(12)15-19-13-8)14-18-6-7(17)16-4-2-1-3-5-16/h1-6H2,(H2,11,14)(H2,12,15). The van der Waals surface area contributed by atoms with Crippen LogP contribution in [0.1, 0.15) is 25.0 Å². The van der Waals surface area contributed by atoms with E-state index in [1.807, 2.05) is 0 Å².